The van der Waals surface area contributed by atoms with Crippen LogP contribution in [0.1, 0.15) is 31.9 Å². The second-order valence-corrected chi connectivity index (χ2v) is 7.58. The minimum absolute atomic E-state index is 0.0886. The molecule has 6 heteroatoms. The number of benzene rings is 1. The molecule has 0 saturated carbocycles. The highest BCUT2D eigenvalue weighted by molar-refractivity contribution is 7.52. The van der Waals surface area contributed by atoms with Gasteiger partial charge in [0, 0.05) is 13.1 Å². The van der Waals surface area contributed by atoms with Gasteiger partial charge in [0.1, 0.15) is 5.78 Å². The summed E-state index contributed by atoms with van der Waals surface area (Å²) in [4.78, 5) is 17.7. The van der Waals surface area contributed by atoms with Crippen LogP contribution in [0.2, 0.25) is 0 Å². The molecule has 0 aliphatic carbocycles. The summed E-state index contributed by atoms with van der Waals surface area (Å²) in [6, 6.07) is 8.16. The number of rotatable bonds is 5. The molecule has 0 amide bonds. The normalized spacial score (nSPS) is 14.4. The number of hydrogen-bond donors (Lipinski definition) is 4. The van der Waals surface area contributed by atoms with Crippen LogP contribution in [0.5, 0.6) is 0 Å². The van der Waals surface area contributed by atoms with E-state index in [1.165, 1.54) is 5.56 Å². The zero-order valence-corrected chi connectivity index (χ0v) is 12.5. The van der Waals surface area contributed by atoms with Crippen molar-refractivity contribution in [3.8, 4) is 0 Å². The second kappa shape index (κ2) is 6.16. The molecule has 0 aliphatic rings. The van der Waals surface area contributed by atoms with Crippen molar-refractivity contribution in [3.05, 3.63) is 35.4 Å². The molecule has 0 fully saturated rings. The molecular formula is C13H23N2O3P. The van der Waals surface area contributed by atoms with Crippen molar-refractivity contribution in [2.24, 2.45) is 5.73 Å². The maximum atomic E-state index is 10.9. The van der Waals surface area contributed by atoms with E-state index in [1.807, 2.05) is 12.1 Å². The van der Waals surface area contributed by atoms with Crippen LogP contribution in [0.3, 0.4) is 0 Å². The largest absolute Gasteiger partial charge is 0.343 e. The highest BCUT2D eigenvalue weighted by atomic mass is 31.2. The third-order valence-electron chi connectivity index (χ3n) is 2.93. The number of nitrogens with one attached hydrogen (secondary N) is 1. The lowest BCUT2D eigenvalue weighted by atomic mass is 9.87. The van der Waals surface area contributed by atoms with Crippen molar-refractivity contribution in [1.82, 2.24) is 5.32 Å². The predicted octanol–water partition coefficient (Wildman–Crippen LogP) is 1.54. The molecule has 1 aromatic carbocycles. The Balaban J connectivity index is 2.49. The van der Waals surface area contributed by atoms with Crippen LogP contribution < -0.4 is 11.1 Å². The number of nitrogens with two attached hydrogens (primary N) is 1. The Morgan fingerprint density at radius 3 is 2.21 bits per heavy atom. The molecule has 0 heterocycles. The van der Waals surface area contributed by atoms with Crippen LogP contribution in [0, 0.1) is 0 Å². The van der Waals surface area contributed by atoms with E-state index in [2.05, 4.69) is 38.2 Å². The second-order valence-electron chi connectivity index (χ2n) is 5.73. The standard InChI is InChI=1S/C13H23N2O3P/c1-13(2,3)11-6-4-10(5-7-11)8-15-9-12(14)19(16,17)18/h4-7,12,15H,8-9,14H2,1-3H3,(H2,16,17,18). The minimum Gasteiger partial charge on any atom is -0.323 e. The van der Waals surface area contributed by atoms with E-state index >= 15 is 0 Å². The molecule has 19 heavy (non-hydrogen) atoms. The van der Waals surface area contributed by atoms with Crippen LogP contribution in [-0.2, 0) is 16.5 Å². The zero-order chi connectivity index (χ0) is 14.7. The van der Waals surface area contributed by atoms with E-state index in [1.54, 1.807) is 0 Å². The van der Waals surface area contributed by atoms with Crippen LogP contribution >= 0.6 is 7.60 Å². The van der Waals surface area contributed by atoms with Gasteiger partial charge in [0.15, 0.2) is 0 Å². The van der Waals surface area contributed by atoms with Crippen molar-refractivity contribution < 1.29 is 14.4 Å². The third kappa shape index (κ3) is 5.43. The van der Waals surface area contributed by atoms with E-state index in [-0.39, 0.29) is 12.0 Å². The van der Waals surface area contributed by atoms with Crippen molar-refractivity contribution in [2.45, 2.75) is 38.5 Å². The smallest absolute Gasteiger partial charge is 0.323 e. The first-order valence-electron chi connectivity index (χ1n) is 6.21. The maximum absolute atomic E-state index is 10.9. The molecule has 0 spiro atoms. The lowest BCUT2D eigenvalue weighted by molar-refractivity contribution is 0.355. The molecule has 5 nitrogen and oxygen atoms in total. The quantitative estimate of drug-likeness (QED) is 0.616. The SMILES string of the molecule is CC(C)(C)c1ccc(CNCC(N)P(=O)(O)O)cc1. The molecule has 1 rings (SSSR count). The molecule has 0 aromatic heterocycles. The Hall–Kier alpha value is -0.710. The van der Waals surface area contributed by atoms with Crippen LogP contribution in [-0.4, -0.2) is 22.1 Å². The van der Waals surface area contributed by atoms with Gasteiger partial charge in [-0.05, 0) is 16.5 Å². The predicted molar refractivity (Wildman–Crippen MR) is 76.9 cm³/mol. The summed E-state index contributed by atoms with van der Waals surface area (Å²) < 4.78 is 10.9. The Morgan fingerprint density at radius 2 is 1.79 bits per heavy atom. The summed E-state index contributed by atoms with van der Waals surface area (Å²) >= 11 is 0. The van der Waals surface area contributed by atoms with E-state index in [0.717, 1.165) is 5.56 Å². The van der Waals surface area contributed by atoms with Crippen LogP contribution in [0.15, 0.2) is 24.3 Å². The molecule has 108 valence electrons. The third-order valence-corrected chi connectivity index (χ3v) is 3.98. The van der Waals surface area contributed by atoms with Gasteiger partial charge in [-0.15, -0.1) is 0 Å². The van der Waals surface area contributed by atoms with E-state index in [0.29, 0.717) is 6.54 Å². The monoisotopic (exact) mass is 286 g/mol. The first kappa shape index (κ1) is 16.3. The Bertz CT molecular complexity index is 448. The summed E-state index contributed by atoms with van der Waals surface area (Å²) in [7, 11) is -4.19. The first-order chi connectivity index (χ1) is 8.60. The molecule has 0 aliphatic heterocycles. The molecule has 1 atom stereocenters. The molecule has 0 radical (unpaired) electrons. The van der Waals surface area contributed by atoms with Gasteiger partial charge in [0.05, 0.1) is 0 Å². The molecule has 1 unspecified atom stereocenters. The average molecular weight is 286 g/mol. The van der Waals surface area contributed by atoms with E-state index in [9.17, 15) is 4.57 Å². The van der Waals surface area contributed by atoms with Crippen molar-refractivity contribution >= 4 is 7.60 Å². The van der Waals surface area contributed by atoms with Gasteiger partial charge < -0.3 is 20.8 Å². The highest BCUT2D eigenvalue weighted by Gasteiger charge is 2.23. The Labute approximate surface area is 114 Å². The molecule has 0 saturated heterocycles. The fourth-order valence-electron chi connectivity index (χ4n) is 1.61. The molecular weight excluding hydrogens is 263 g/mol. The van der Waals surface area contributed by atoms with Crippen LogP contribution in [0.4, 0.5) is 0 Å². The van der Waals surface area contributed by atoms with Crippen molar-refractivity contribution in [2.75, 3.05) is 6.54 Å². The lowest BCUT2D eigenvalue weighted by Gasteiger charge is -2.19. The fourth-order valence-corrected chi connectivity index (χ4v) is 1.97. The van der Waals surface area contributed by atoms with E-state index < -0.39 is 13.4 Å². The van der Waals surface area contributed by atoms with Gasteiger partial charge in [-0.1, -0.05) is 45.0 Å². The zero-order valence-electron chi connectivity index (χ0n) is 11.6. The molecule has 1 aromatic rings. The molecule has 5 N–H and O–H groups in total. The average Bonchev–Trinajstić information content (AvgIpc) is 2.27. The summed E-state index contributed by atoms with van der Waals surface area (Å²) in [5, 5.41) is 2.95. The summed E-state index contributed by atoms with van der Waals surface area (Å²) in [5.74, 6) is -1.15. The first-order valence-corrected chi connectivity index (χ1v) is 7.90. The minimum atomic E-state index is -4.19. The topological polar surface area (TPSA) is 95.6 Å². The van der Waals surface area contributed by atoms with Gasteiger partial charge >= 0.3 is 7.60 Å². The van der Waals surface area contributed by atoms with Crippen LogP contribution in [0.25, 0.3) is 0 Å². The van der Waals surface area contributed by atoms with Gasteiger partial charge in [0.2, 0.25) is 0 Å². The summed E-state index contributed by atoms with van der Waals surface area (Å²) in [6.07, 6.45) is 0. The Morgan fingerprint density at radius 1 is 1.26 bits per heavy atom. The van der Waals surface area contributed by atoms with Gasteiger partial charge in [-0.25, -0.2) is 0 Å². The van der Waals surface area contributed by atoms with Crippen molar-refractivity contribution in [3.63, 3.8) is 0 Å². The van der Waals surface area contributed by atoms with Crippen molar-refractivity contribution in [1.29, 1.82) is 0 Å². The summed E-state index contributed by atoms with van der Waals surface area (Å²) in [5.41, 5.74) is 7.80. The molecule has 0 bridgehead atoms. The number of hydrogen-bond acceptors (Lipinski definition) is 3. The highest BCUT2D eigenvalue weighted by Crippen LogP contribution is 2.37. The van der Waals surface area contributed by atoms with E-state index in [4.69, 9.17) is 15.5 Å². The van der Waals surface area contributed by atoms with Gasteiger partial charge in [-0.3, -0.25) is 4.57 Å². The van der Waals surface area contributed by atoms with Gasteiger partial charge in [0.25, 0.3) is 0 Å². The maximum Gasteiger partial charge on any atom is 0.343 e. The fraction of sp³-hybridized carbons (Fsp3) is 0.538. The van der Waals surface area contributed by atoms with Gasteiger partial charge in [-0.2, -0.15) is 0 Å². The lowest BCUT2D eigenvalue weighted by Crippen LogP contribution is -2.33. The Kier molecular flexibility index (Phi) is 5.30. The summed E-state index contributed by atoms with van der Waals surface area (Å²) in [6.45, 7) is 7.08.